The molecule has 1 N–H and O–H groups in total. The molecule has 1 aliphatic rings. The van der Waals surface area contributed by atoms with Gasteiger partial charge in [0.05, 0.1) is 6.61 Å². The third-order valence-electron chi connectivity index (χ3n) is 3.46. The van der Waals surface area contributed by atoms with Crippen molar-refractivity contribution in [1.29, 1.82) is 0 Å². The van der Waals surface area contributed by atoms with Crippen LogP contribution in [0.1, 0.15) is 39.2 Å². The van der Waals surface area contributed by atoms with E-state index in [2.05, 4.69) is 43.2 Å². The average Bonchev–Trinajstić information content (AvgIpc) is 2.37. The fraction of sp³-hybridized carbons (Fsp3) is 0.667. The van der Waals surface area contributed by atoms with Crippen LogP contribution >= 0.6 is 0 Å². The van der Waals surface area contributed by atoms with Gasteiger partial charge in [0.15, 0.2) is 0 Å². The molecular formula is C15H24N2O. The molecule has 1 fully saturated rings. The van der Waals surface area contributed by atoms with Crippen molar-refractivity contribution in [2.45, 2.75) is 39.0 Å². The summed E-state index contributed by atoms with van der Waals surface area (Å²) in [5, 5.41) is 3.40. The Labute approximate surface area is 110 Å². The van der Waals surface area contributed by atoms with Crippen LogP contribution in [-0.4, -0.2) is 24.7 Å². The van der Waals surface area contributed by atoms with Gasteiger partial charge in [0, 0.05) is 19.3 Å². The van der Waals surface area contributed by atoms with Crippen LogP contribution in [0.15, 0.2) is 18.3 Å². The fourth-order valence-corrected chi connectivity index (χ4v) is 2.16. The Hall–Kier alpha value is -1.09. The summed E-state index contributed by atoms with van der Waals surface area (Å²) in [6, 6.07) is 4.23. The Kier molecular flexibility index (Phi) is 4.23. The van der Waals surface area contributed by atoms with Crippen LogP contribution in [-0.2, 0) is 10.2 Å². The summed E-state index contributed by atoms with van der Waals surface area (Å²) in [5.41, 5.74) is 1.44. The minimum atomic E-state index is 0.169. The maximum atomic E-state index is 5.47. The third kappa shape index (κ3) is 3.70. The molecule has 1 unspecified atom stereocenters. The first-order chi connectivity index (χ1) is 8.55. The van der Waals surface area contributed by atoms with E-state index in [0.29, 0.717) is 5.92 Å². The first kappa shape index (κ1) is 13.3. The number of nitrogens with zero attached hydrogens (tertiary/aromatic N) is 1. The summed E-state index contributed by atoms with van der Waals surface area (Å²) in [6.07, 6.45) is 4.41. The predicted molar refractivity (Wildman–Crippen MR) is 75.0 cm³/mol. The van der Waals surface area contributed by atoms with Crippen LogP contribution < -0.4 is 5.32 Å². The van der Waals surface area contributed by atoms with E-state index in [4.69, 9.17) is 4.74 Å². The van der Waals surface area contributed by atoms with E-state index in [-0.39, 0.29) is 5.41 Å². The van der Waals surface area contributed by atoms with Gasteiger partial charge < -0.3 is 10.1 Å². The molecule has 1 aromatic rings. The maximum absolute atomic E-state index is 5.47. The van der Waals surface area contributed by atoms with Gasteiger partial charge in [-0.1, -0.05) is 26.8 Å². The molecule has 0 saturated carbocycles. The van der Waals surface area contributed by atoms with Crippen molar-refractivity contribution < 1.29 is 4.74 Å². The molecule has 1 atom stereocenters. The van der Waals surface area contributed by atoms with Gasteiger partial charge in [-0.3, -0.25) is 0 Å². The van der Waals surface area contributed by atoms with Gasteiger partial charge in [-0.15, -0.1) is 0 Å². The molecule has 18 heavy (non-hydrogen) atoms. The second-order valence-electron chi connectivity index (χ2n) is 6.15. The average molecular weight is 248 g/mol. The lowest BCUT2D eigenvalue weighted by atomic mass is 9.88. The largest absolute Gasteiger partial charge is 0.381 e. The molecule has 1 saturated heterocycles. The van der Waals surface area contributed by atoms with Gasteiger partial charge in [0.25, 0.3) is 0 Å². The van der Waals surface area contributed by atoms with Gasteiger partial charge in [0.1, 0.15) is 5.82 Å². The molecule has 0 bridgehead atoms. The molecule has 0 spiro atoms. The van der Waals surface area contributed by atoms with E-state index in [0.717, 1.165) is 25.6 Å². The fourth-order valence-electron chi connectivity index (χ4n) is 2.16. The number of ether oxygens (including phenoxy) is 1. The summed E-state index contributed by atoms with van der Waals surface area (Å²) in [4.78, 5) is 4.48. The molecule has 0 aliphatic carbocycles. The van der Waals surface area contributed by atoms with Crippen molar-refractivity contribution in [2.75, 3.05) is 25.1 Å². The maximum Gasteiger partial charge on any atom is 0.125 e. The number of rotatable bonds is 3. The Morgan fingerprint density at radius 2 is 2.22 bits per heavy atom. The second-order valence-corrected chi connectivity index (χ2v) is 6.15. The second kappa shape index (κ2) is 5.70. The topological polar surface area (TPSA) is 34.1 Å². The molecule has 1 aromatic heterocycles. The van der Waals surface area contributed by atoms with E-state index in [9.17, 15) is 0 Å². The smallest absolute Gasteiger partial charge is 0.125 e. The number of aromatic nitrogens is 1. The number of hydrogen-bond acceptors (Lipinski definition) is 3. The van der Waals surface area contributed by atoms with E-state index < -0.39 is 0 Å². The summed E-state index contributed by atoms with van der Waals surface area (Å²) in [5.74, 6) is 1.59. The highest BCUT2D eigenvalue weighted by atomic mass is 16.5. The quantitative estimate of drug-likeness (QED) is 0.892. The van der Waals surface area contributed by atoms with E-state index in [1.165, 1.54) is 18.4 Å². The van der Waals surface area contributed by atoms with Crippen LogP contribution in [0.4, 0.5) is 5.82 Å². The van der Waals surface area contributed by atoms with E-state index in [1.807, 2.05) is 6.20 Å². The molecule has 0 radical (unpaired) electrons. The van der Waals surface area contributed by atoms with Gasteiger partial charge in [-0.25, -0.2) is 4.98 Å². The van der Waals surface area contributed by atoms with Gasteiger partial charge in [-0.2, -0.15) is 0 Å². The Morgan fingerprint density at radius 3 is 2.78 bits per heavy atom. The normalized spacial score (nSPS) is 20.7. The van der Waals surface area contributed by atoms with Gasteiger partial charge in [0.2, 0.25) is 0 Å². The van der Waals surface area contributed by atoms with E-state index in [1.54, 1.807) is 0 Å². The zero-order valence-electron chi connectivity index (χ0n) is 11.7. The van der Waals surface area contributed by atoms with Gasteiger partial charge in [-0.05, 0) is 35.8 Å². The molecule has 0 aromatic carbocycles. The highest BCUT2D eigenvalue weighted by Crippen LogP contribution is 2.22. The molecule has 2 heterocycles. The molecule has 100 valence electrons. The monoisotopic (exact) mass is 248 g/mol. The molecule has 0 amide bonds. The highest BCUT2D eigenvalue weighted by molar-refractivity contribution is 5.37. The van der Waals surface area contributed by atoms with Crippen molar-refractivity contribution in [3.05, 3.63) is 23.9 Å². The molecule has 1 aliphatic heterocycles. The Balaban J connectivity index is 1.86. The Morgan fingerprint density at radius 1 is 1.39 bits per heavy atom. The Bertz CT molecular complexity index is 361. The number of hydrogen-bond donors (Lipinski definition) is 1. The van der Waals surface area contributed by atoms with E-state index >= 15 is 0 Å². The minimum Gasteiger partial charge on any atom is -0.381 e. The van der Waals surface area contributed by atoms with Crippen LogP contribution in [0.25, 0.3) is 0 Å². The van der Waals surface area contributed by atoms with Crippen molar-refractivity contribution >= 4 is 5.82 Å². The molecule has 3 heteroatoms. The van der Waals surface area contributed by atoms with Crippen molar-refractivity contribution in [3.8, 4) is 0 Å². The SMILES string of the molecule is CC(C)(C)c1ccc(NCC2CCCOC2)nc1. The lowest BCUT2D eigenvalue weighted by molar-refractivity contribution is 0.0595. The summed E-state index contributed by atoms with van der Waals surface area (Å²) in [7, 11) is 0. The van der Waals surface area contributed by atoms with Crippen LogP contribution in [0.2, 0.25) is 0 Å². The summed E-state index contributed by atoms with van der Waals surface area (Å²) >= 11 is 0. The molecular weight excluding hydrogens is 224 g/mol. The molecule has 2 rings (SSSR count). The zero-order valence-corrected chi connectivity index (χ0v) is 11.7. The van der Waals surface area contributed by atoms with Crippen molar-refractivity contribution in [2.24, 2.45) is 5.92 Å². The first-order valence-corrected chi connectivity index (χ1v) is 6.84. The highest BCUT2D eigenvalue weighted by Gasteiger charge is 2.15. The minimum absolute atomic E-state index is 0.169. The van der Waals surface area contributed by atoms with Crippen molar-refractivity contribution in [1.82, 2.24) is 4.98 Å². The number of pyridine rings is 1. The van der Waals surface area contributed by atoms with Crippen LogP contribution in [0.5, 0.6) is 0 Å². The van der Waals surface area contributed by atoms with Crippen molar-refractivity contribution in [3.63, 3.8) is 0 Å². The molecule has 3 nitrogen and oxygen atoms in total. The standard InChI is InChI=1S/C15H24N2O/c1-15(2,3)13-6-7-14(17-10-13)16-9-12-5-4-8-18-11-12/h6-7,10,12H,4-5,8-9,11H2,1-3H3,(H,16,17). The summed E-state index contributed by atoms with van der Waals surface area (Å²) in [6.45, 7) is 9.38. The first-order valence-electron chi connectivity index (χ1n) is 6.84. The van der Waals surface area contributed by atoms with Gasteiger partial charge >= 0.3 is 0 Å². The lowest BCUT2D eigenvalue weighted by Crippen LogP contribution is -2.24. The zero-order chi connectivity index (χ0) is 13.0. The predicted octanol–water partition coefficient (Wildman–Crippen LogP) is 3.22. The van der Waals surface area contributed by atoms with Crippen LogP contribution in [0, 0.1) is 5.92 Å². The lowest BCUT2D eigenvalue weighted by Gasteiger charge is -2.23. The summed E-state index contributed by atoms with van der Waals surface area (Å²) < 4.78 is 5.47. The number of anilines is 1. The third-order valence-corrected chi connectivity index (χ3v) is 3.46. The van der Waals surface area contributed by atoms with Crippen LogP contribution in [0.3, 0.4) is 0 Å². The number of nitrogens with one attached hydrogen (secondary N) is 1.